The van der Waals surface area contributed by atoms with Crippen LogP contribution in [0.15, 0.2) is 30.3 Å². The van der Waals surface area contributed by atoms with Crippen LogP contribution in [0.1, 0.15) is 0 Å². The lowest BCUT2D eigenvalue weighted by Gasteiger charge is -2.18. The van der Waals surface area contributed by atoms with Gasteiger partial charge in [-0.1, -0.05) is 53.0 Å². The molecule has 0 aliphatic carbocycles. The molecule has 0 saturated heterocycles. The van der Waals surface area contributed by atoms with Gasteiger partial charge in [0.2, 0.25) is 0 Å². The lowest BCUT2D eigenvalue weighted by Crippen LogP contribution is -2.15. The van der Waals surface area contributed by atoms with E-state index >= 15 is 0 Å². The van der Waals surface area contributed by atoms with Crippen LogP contribution >= 0.6 is 42.2 Å². The summed E-state index contributed by atoms with van der Waals surface area (Å²) in [6.45, 7) is 0. The zero-order valence-corrected chi connectivity index (χ0v) is 9.49. The second-order valence-electron chi connectivity index (χ2n) is 2.38. The summed E-state index contributed by atoms with van der Waals surface area (Å²) in [5.41, 5.74) is 0. The first-order valence-electron chi connectivity index (χ1n) is 3.31. The van der Waals surface area contributed by atoms with Gasteiger partial charge in [0, 0.05) is 5.30 Å². The van der Waals surface area contributed by atoms with Crippen molar-refractivity contribution in [2.75, 3.05) is 0 Å². The monoisotopic (exact) mass is 258 g/mol. The summed E-state index contributed by atoms with van der Waals surface area (Å²) in [7, 11) is -3.93. The molecule has 1 atom stereocenters. The van der Waals surface area contributed by atoms with Crippen molar-refractivity contribution >= 4 is 47.5 Å². The third-order valence-corrected chi connectivity index (χ3v) is 5.20. The first-order chi connectivity index (χ1) is 5.86. The molecule has 1 aromatic rings. The van der Waals surface area contributed by atoms with Crippen LogP contribution in [-0.2, 0) is 4.57 Å². The molecular weight excluding hydrogens is 253 g/mol. The minimum Gasteiger partial charge on any atom is -0.338 e. The van der Waals surface area contributed by atoms with E-state index in [0.29, 0.717) is 0 Å². The molecule has 0 fully saturated rings. The van der Waals surface area contributed by atoms with Gasteiger partial charge in [-0.15, -0.1) is 0 Å². The minimum absolute atomic E-state index is 0.134. The van der Waals surface area contributed by atoms with Crippen LogP contribution in [0.5, 0.6) is 0 Å². The molecule has 6 heteroatoms. The largest absolute Gasteiger partial charge is 0.338 e. The molecule has 0 radical (unpaired) electrons. The zero-order chi connectivity index (χ0) is 10.1. The molecule has 1 N–H and O–H groups in total. The topological polar surface area (TPSA) is 37.3 Å². The van der Waals surface area contributed by atoms with Gasteiger partial charge < -0.3 is 4.89 Å². The molecule has 0 aromatic heterocycles. The van der Waals surface area contributed by atoms with E-state index in [-0.39, 0.29) is 5.30 Å². The first-order valence-corrected chi connectivity index (χ1v) is 6.10. The second kappa shape index (κ2) is 3.80. The summed E-state index contributed by atoms with van der Waals surface area (Å²) >= 11 is 16.1. The van der Waals surface area contributed by atoms with Crippen LogP contribution in [-0.4, -0.2) is 8.43 Å². The summed E-state index contributed by atoms with van der Waals surface area (Å²) in [5.74, 6) is 0. The van der Waals surface area contributed by atoms with E-state index in [1.807, 2.05) is 0 Å². The normalized spacial score (nSPS) is 16.6. The van der Waals surface area contributed by atoms with Crippen LogP contribution in [0.3, 0.4) is 0 Å². The SMILES string of the molecule is O=P(O)(c1ccccc1)C(Cl)(Cl)Cl. The van der Waals surface area contributed by atoms with Gasteiger partial charge in [0.15, 0.2) is 0 Å². The summed E-state index contributed by atoms with van der Waals surface area (Å²) < 4.78 is 9.42. The van der Waals surface area contributed by atoms with Gasteiger partial charge in [0.1, 0.15) is 0 Å². The smallest absolute Gasteiger partial charge is 0.279 e. The van der Waals surface area contributed by atoms with E-state index in [0.717, 1.165) is 0 Å². The van der Waals surface area contributed by atoms with Crippen molar-refractivity contribution in [3.63, 3.8) is 0 Å². The van der Waals surface area contributed by atoms with Crippen molar-refractivity contribution in [1.29, 1.82) is 0 Å². The van der Waals surface area contributed by atoms with Gasteiger partial charge in [-0.05, 0) is 12.1 Å². The van der Waals surface area contributed by atoms with E-state index in [2.05, 4.69) is 0 Å². The highest BCUT2D eigenvalue weighted by Gasteiger charge is 2.44. The Labute approximate surface area is 90.9 Å². The molecular formula is C7H6Cl3O2P. The third-order valence-electron chi connectivity index (χ3n) is 1.45. The third kappa shape index (κ3) is 2.39. The fourth-order valence-electron chi connectivity index (χ4n) is 0.776. The van der Waals surface area contributed by atoms with E-state index < -0.39 is 10.9 Å². The van der Waals surface area contributed by atoms with E-state index in [1.54, 1.807) is 18.2 Å². The number of benzene rings is 1. The molecule has 1 unspecified atom stereocenters. The fourth-order valence-corrected chi connectivity index (χ4v) is 2.52. The van der Waals surface area contributed by atoms with E-state index in [9.17, 15) is 9.46 Å². The average Bonchev–Trinajstić information content (AvgIpc) is 2.04. The highest BCUT2D eigenvalue weighted by molar-refractivity contribution is 7.73. The summed E-state index contributed by atoms with van der Waals surface area (Å²) in [6.07, 6.45) is 0. The van der Waals surface area contributed by atoms with Gasteiger partial charge in [0.05, 0.1) is 0 Å². The lowest BCUT2D eigenvalue weighted by molar-refractivity contribution is 0.490. The Balaban J connectivity index is 3.17. The zero-order valence-electron chi connectivity index (χ0n) is 6.32. The number of hydrogen-bond acceptors (Lipinski definition) is 1. The van der Waals surface area contributed by atoms with Gasteiger partial charge in [0.25, 0.3) is 10.9 Å². The number of alkyl halides is 3. The maximum atomic E-state index is 11.6. The van der Waals surface area contributed by atoms with Crippen molar-refractivity contribution < 1.29 is 9.46 Å². The molecule has 0 heterocycles. The summed E-state index contributed by atoms with van der Waals surface area (Å²) in [5, 5.41) is 0.134. The fraction of sp³-hybridized carbons (Fsp3) is 0.143. The van der Waals surface area contributed by atoms with E-state index in [4.69, 9.17) is 34.8 Å². The van der Waals surface area contributed by atoms with Crippen molar-refractivity contribution in [1.82, 2.24) is 0 Å². The Morgan fingerprint density at radius 1 is 1.15 bits per heavy atom. The lowest BCUT2D eigenvalue weighted by atomic mass is 10.4. The summed E-state index contributed by atoms with van der Waals surface area (Å²) in [6, 6.07) is 7.82. The van der Waals surface area contributed by atoms with Crippen LogP contribution in [0, 0.1) is 0 Å². The van der Waals surface area contributed by atoms with Crippen LogP contribution in [0.25, 0.3) is 0 Å². The number of halogens is 3. The highest BCUT2D eigenvalue weighted by atomic mass is 35.6. The minimum atomic E-state index is -3.93. The Bertz CT molecular complexity index is 333. The van der Waals surface area contributed by atoms with Crippen LogP contribution in [0.4, 0.5) is 0 Å². The van der Waals surface area contributed by atoms with Crippen molar-refractivity contribution in [2.45, 2.75) is 3.53 Å². The maximum Gasteiger partial charge on any atom is 0.279 e. The van der Waals surface area contributed by atoms with Crippen LogP contribution in [0.2, 0.25) is 0 Å². The van der Waals surface area contributed by atoms with Gasteiger partial charge in [-0.25, -0.2) is 0 Å². The van der Waals surface area contributed by atoms with Gasteiger partial charge in [-0.2, -0.15) is 0 Å². The van der Waals surface area contributed by atoms with Crippen molar-refractivity contribution in [3.8, 4) is 0 Å². The predicted octanol–water partition coefficient (Wildman–Crippen LogP) is 2.91. The molecule has 0 saturated carbocycles. The molecule has 0 aliphatic rings. The average molecular weight is 259 g/mol. The highest BCUT2D eigenvalue weighted by Crippen LogP contribution is 2.60. The molecule has 1 aromatic carbocycles. The van der Waals surface area contributed by atoms with Gasteiger partial charge >= 0.3 is 0 Å². The molecule has 72 valence electrons. The standard InChI is InChI=1S/C7H6Cl3O2P/c8-7(9,10)13(11,12)6-4-2-1-3-5-6/h1-5H,(H,11,12). The number of hydrogen-bond donors (Lipinski definition) is 1. The molecule has 0 spiro atoms. The van der Waals surface area contributed by atoms with Crippen LogP contribution < -0.4 is 5.30 Å². The van der Waals surface area contributed by atoms with Gasteiger partial charge in [-0.3, -0.25) is 4.57 Å². The molecule has 1 rings (SSSR count). The Kier molecular flexibility index (Phi) is 3.32. The maximum absolute atomic E-state index is 11.6. The van der Waals surface area contributed by atoms with Crippen molar-refractivity contribution in [2.24, 2.45) is 0 Å². The van der Waals surface area contributed by atoms with E-state index in [1.165, 1.54) is 12.1 Å². The second-order valence-corrected chi connectivity index (χ2v) is 7.79. The Morgan fingerprint density at radius 3 is 2.00 bits per heavy atom. The Morgan fingerprint density at radius 2 is 1.62 bits per heavy atom. The first kappa shape index (κ1) is 11.4. The molecule has 0 aliphatic heterocycles. The molecule has 2 nitrogen and oxygen atoms in total. The quantitative estimate of drug-likeness (QED) is 0.622. The molecule has 0 amide bonds. The molecule has 0 bridgehead atoms. The Hall–Kier alpha value is 0.280. The number of rotatable bonds is 1. The summed E-state index contributed by atoms with van der Waals surface area (Å²) in [4.78, 5) is 9.48. The molecule has 13 heavy (non-hydrogen) atoms. The predicted molar refractivity (Wildman–Crippen MR) is 56.2 cm³/mol. The van der Waals surface area contributed by atoms with Crippen molar-refractivity contribution in [3.05, 3.63) is 30.3 Å².